The van der Waals surface area contributed by atoms with Crippen molar-refractivity contribution in [2.45, 2.75) is 64.9 Å². The average Bonchev–Trinajstić information content (AvgIpc) is 2.93. The van der Waals surface area contributed by atoms with Crippen LogP contribution >= 0.6 is 0 Å². The Kier molecular flexibility index (Phi) is 9.44. The zero-order chi connectivity index (χ0) is 28.1. The Balaban J connectivity index is 1.41. The summed E-state index contributed by atoms with van der Waals surface area (Å²) in [6.45, 7) is 3.73. The molecule has 0 saturated carbocycles. The number of hydrogen-bond acceptors (Lipinski definition) is 2. The van der Waals surface area contributed by atoms with Crippen molar-refractivity contribution >= 4 is 5.57 Å². The van der Waals surface area contributed by atoms with Crippen molar-refractivity contribution in [3.05, 3.63) is 94.3 Å². The summed E-state index contributed by atoms with van der Waals surface area (Å²) in [5.41, 5.74) is 1.71. The molecule has 1 N–H and O–H groups in total. The van der Waals surface area contributed by atoms with Gasteiger partial charge in [0.15, 0.2) is 23.2 Å². The van der Waals surface area contributed by atoms with E-state index in [0.717, 1.165) is 12.0 Å². The van der Waals surface area contributed by atoms with Crippen LogP contribution in [0.4, 0.5) is 22.0 Å². The van der Waals surface area contributed by atoms with E-state index in [1.807, 2.05) is 13.0 Å². The van der Waals surface area contributed by atoms with E-state index in [1.165, 1.54) is 24.3 Å². The number of ether oxygens (including phenoxy) is 1. The van der Waals surface area contributed by atoms with Crippen LogP contribution in [-0.4, -0.2) is 11.7 Å². The van der Waals surface area contributed by atoms with Gasteiger partial charge in [0, 0.05) is 16.7 Å². The lowest BCUT2D eigenvalue weighted by Gasteiger charge is -2.23. The normalized spacial score (nSPS) is 16.2. The molecule has 1 aliphatic carbocycles. The second-order valence-electron chi connectivity index (χ2n) is 10.0. The van der Waals surface area contributed by atoms with E-state index in [1.54, 1.807) is 25.1 Å². The first-order valence-corrected chi connectivity index (χ1v) is 13.5. The molecule has 1 aliphatic rings. The molecule has 0 aliphatic heterocycles. The Morgan fingerprint density at radius 1 is 0.897 bits per heavy atom. The molecular weight excluding hydrogens is 511 g/mol. The van der Waals surface area contributed by atoms with Crippen LogP contribution in [0.1, 0.15) is 75.2 Å². The third-order valence-corrected chi connectivity index (χ3v) is 7.43. The van der Waals surface area contributed by atoms with Crippen molar-refractivity contribution in [3.63, 3.8) is 0 Å². The van der Waals surface area contributed by atoms with Gasteiger partial charge in [-0.05, 0) is 86.3 Å². The molecule has 3 aromatic carbocycles. The fourth-order valence-electron chi connectivity index (χ4n) is 5.20. The number of aliphatic hydroxyl groups excluding tert-OH is 1. The first kappa shape index (κ1) is 28.8. The molecule has 0 aromatic heterocycles. The van der Waals surface area contributed by atoms with Crippen LogP contribution in [0.2, 0.25) is 0 Å². The molecule has 0 saturated heterocycles. The topological polar surface area (TPSA) is 29.5 Å². The standard InChI is InChI=1S/C32H33F5O2/c1-3-5-27(38)25-15-12-21(29(34)31(25)36)11-8-19-6-9-20(10-7-19)23-14-13-22(18-26(23)33)24-16-17-28(39-4-2)32(37)30(24)35/h9,12-19,27,38H,3-8,10-11H2,1-2H3. The van der Waals surface area contributed by atoms with Crippen LogP contribution in [0.15, 0.2) is 48.5 Å². The quantitative estimate of drug-likeness (QED) is 0.258. The number of hydrogen-bond donors (Lipinski definition) is 1. The van der Waals surface area contributed by atoms with Crippen LogP contribution in [0, 0.1) is 35.0 Å². The van der Waals surface area contributed by atoms with Gasteiger partial charge in [-0.25, -0.2) is 17.6 Å². The molecule has 0 amide bonds. The van der Waals surface area contributed by atoms with E-state index in [-0.39, 0.29) is 40.5 Å². The summed E-state index contributed by atoms with van der Waals surface area (Å²) in [5, 5.41) is 10.0. The van der Waals surface area contributed by atoms with Crippen LogP contribution in [-0.2, 0) is 6.42 Å². The summed E-state index contributed by atoms with van der Waals surface area (Å²) in [5.74, 6) is -4.54. The number of rotatable bonds is 10. The summed E-state index contributed by atoms with van der Waals surface area (Å²) >= 11 is 0. The largest absolute Gasteiger partial charge is 0.491 e. The van der Waals surface area contributed by atoms with Crippen molar-refractivity contribution in [2.75, 3.05) is 6.61 Å². The minimum atomic E-state index is -1.10. The van der Waals surface area contributed by atoms with Gasteiger partial charge in [-0.3, -0.25) is 0 Å². The predicted octanol–water partition coefficient (Wildman–Crippen LogP) is 9.10. The molecule has 0 bridgehead atoms. The SMILES string of the molecule is CCCC(O)c1ccc(CCC2CC=C(c3ccc(-c4ccc(OCC)c(F)c4F)cc3F)CC2)c(F)c1F. The second-order valence-corrected chi connectivity index (χ2v) is 10.0. The number of aryl methyl sites for hydroxylation is 1. The molecule has 0 fully saturated rings. The Morgan fingerprint density at radius 3 is 2.33 bits per heavy atom. The minimum absolute atomic E-state index is 0.00761. The molecule has 2 nitrogen and oxygen atoms in total. The predicted molar refractivity (Wildman–Crippen MR) is 143 cm³/mol. The van der Waals surface area contributed by atoms with E-state index >= 15 is 4.39 Å². The molecule has 2 atom stereocenters. The third kappa shape index (κ3) is 6.35. The molecule has 39 heavy (non-hydrogen) atoms. The van der Waals surface area contributed by atoms with Gasteiger partial charge in [-0.15, -0.1) is 0 Å². The van der Waals surface area contributed by atoms with Crippen LogP contribution in [0.5, 0.6) is 5.75 Å². The van der Waals surface area contributed by atoms with Gasteiger partial charge in [0.05, 0.1) is 12.7 Å². The fraction of sp³-hybridized carbons (Fsp3) is 0.375. The molecule has 0 radical (unpaired) electrons. The smallest absolute Gasteiger partial charge is 0.201 e. The average molecular weight is 545 g/mol. The molecule has 2 unspecified atom stereocenters. The van der Waals surface area contributed by atoms with Gasteiger partial charge >= 0.3 is 0 Å². The molecule has 0 heterocycles. The highest BCUT2D eigenvalue weighted by molar-refractivity contribution is 5.72. The van der Waals surface area contributed by atoms with Crippen molar-refractivity contribution in [3.8, 4) is 16.9 Å². The minimum Gasteiger partial charge on any atom is -0.491 e. The summed E-state index contributed by atoms with van der Waals surface area (Å²) in [6.07, 6.45) is 5.06. The van der Waals surface area contributed by atoms with E-state index in [4.69, 9.17) is 4.74 Å². The Hall–Kier alpha value is -3.19. The number of benzene rings is 3. The van der Waals surface area contributed by atoms with Gasteiger partial charge in [0.1, 0.15) is 5.82 Å². The van der Waals surface area contributed by atoms with Crippen LogP contribution < -0.4 is 4.74 Å². The van der Waals surface area contributed by atoms with Gasteiger partial charge in [0.25, 0.3) is 0 Å². The zero-order valence-electron chi connectivity index (χ0n) is 22.2. The highest BCUT2D eigenvalue weighted by atomic mass is 19.2. The van der Waals surface area contributed by atoms with Crippen LogP contribution in [0.3, 0.4) is 0 Å². The van der Waals surface area contributed by atoms with E-state index in [9.17, 15) is 22.7 Å². The van der Waals surface area contributed by atoms with Gasteiger partial charge in [-0.1, -0.05) is 43.7 Å². The number of halogens is 5. The van der Waals surface area contributed by atoms with Gasteiger partial charge in [0.2, 0.25) is 5.82 Å². The Labute approximate surface area is 226 Å². The monoisotopic (exact) mass is 544 g/mol. The Morgan fingerprint density at radius 2 is 1.67 bits per heavy atom. The highest BCUT2D eigenvalue weighted by Crippen LogP contribution is 2.36. The summed E-state index contributed by atoms with van der Waals surface area (Å²) < 4.78 is 78.1. The molecule has 3 aromatic rings. The second kappa shape index (κ2) is 12.8. The number of aliphatic hydroxyl groups is 1. The molecule has 4 rings (SSSR count). The number of allylic oxidation sites excluding steroid dienone is 2. The summed E-state index contributed by atoms with van der Waals surface area (Å²) in [7, 11) is 0. The summed E-state index contributed by atoms with van der Waals surface area (Å²) in [4.78, 5) is 0. The van der Waals surface area contributed by atoms with Crippen LogP contribution in [0.25, 0.3) is 16.7 Å². The lowest BCUT2D eigenvalue weighted by atomic mass is 9.83. The maximum Gasteiger partial charge on any atom is 0.201 e. The van der Waals surface area contributed by atoms with E-state index in [2.05, 4.69) is 0 Å². The lowest BCUT2D eigenvalue weighted by Crippen LogP contribution is -2.09. The van der Waals surface area contributed by atoms with Crippen molar-refractivity contribution in [2.24, 2.45) is 5.92 Å². The molecule has 7 heteroatoms. The maximum atomic E-state index is 15.1. The highest BCUT2D eigenvalue weighted by Gasteiger charge is 2.22. The van der Waals surface area contributed by atoms with Crippen molar-refractivity contribution in [1.82, 2.24) is 0 Å². The molecular formula is C32H33F5O2. The van der Waals surface area contributed by atoms with Crippen molar-refractivity contribution in [1.29, 1.82) is 0 Å². The zero-order valence-corrected chi connectivity index (χ0v) is 22.2. The lowest BCUT2D eigenvalue weighted by molar-refractivity contribution is 0.160. The van der Waals surface area contributed by atoms with E-state index < -0.39 is 35.2 Å². The fourth-order valence-corrected chi connectivity index (χ4v) is 5.20. The third-order valence-electron chi connectivity index (χ3n) is 7.43. The maximum absolute atomic E-state index is 15.1. The molecule has 208 valence electrons. The van der Waals surface area contributed by atoms with Crippen molar-refractivity contribution < 1.29 is 31.8 Å². The molecule has 0 spiro atoms. The van der Waals surface area contributed by atoms with Gasteiger partial charge < -0.3 is 9.84 Å². The first-order valence-electron chi connectivity index (χ1n) is 13.5. The summed E-state index contributed by atoms with van der Waals surface area (Å²) in [6, 6.07) is 10.1. The first-order chi connectivity index (χ1) is 18.7. The van der Waals surface area contributed by atoms with E-state index in [0.29, 0.717) is 44.1 Å². The Bertz CT molecular complexity index is 1350. The van der Waals surface area contributed by atoms with Gasteiger partial charge in [-0.2, -0.15) is 4.39 Å².